The van der Waals surface area contributed by atoms with Crippen LogP contribution in [0.3, 0.4) is 0 Å². The molecule has 5 aliphatic carbocycles. The van der Waals surface area contributed by atoms with Gasteiger partial charge in [-0.1, -0.05) is 27.7 Å². The molecule has 0 aromatic carbocycles. The minimum absolute atomic E-state index is 0.147. The Morgan fingerprint density at radius 1 is 0.862 bits per heavy atom. The van der Waals surface area contributed by atoms with E-state index >= 15 is 0 Å². The Morgan fingerprint density at radius 3 is 2.17 bits per heavy atom. The van der Waals surface area contributed by atoms with Crippen molar-refractivity contribution in [2.24, 2.45) is 44.8 Å². The van der Waals surface area contributed by atoms with E-state index < -0.39 is 0 Å². The molecule has 0 aromatic heterocycles. The highest BCUT2D eigenvalue weighted by atomic mass is 16.3. The summed E-state index contributed by atoms with van der Waals surface area (Å²) in [5, 5.41) is 18.4. The van der Waals surface area contributed by atoms with Gasteiger partial charge < -0.3 is 15.7 Å². The lowest BCUT2D eigenvalue weighted by Crippen LogP contribution is -2.59. The molecule has 166 valence electrons. The van der Waals surface area contributed by atoms with E-state index in [1.807, 2.05) is 0 Å². The third-order valence-corrected chi connectivity index (χ3v) is 12.5. The van der Waals surface area contributed by atoms with Crippen LogP contribution >= 0.6 is 0 Å². The van der Waals surface area contributed by atoms with Crippen molar-refractivity contribution in [3.05, 3.63) is 0 Å². The SMILES string of the molecule is CN[C@@H](C)[C@H]1[C@H](O)C[C@@]2(C)[C@@H]3CC[C@H]4C(C)(C)[C@@H](NC)CC[C@@]45C[C@@]35CC[C@]12C. The Bertz CT molecular complexity index is 692. The van der Waals surface area contributed by atoms with E-state index in [0.717, 1.165) is 18.3 Å². The predicted octanol–water partition coefficient (Wildman–Crippen LogP) is 4.59. The van der Waals surface area contributed by atoms with Crippen molar-refractivity contribution >= 4 is 0 Å². The number of aliphatic hydroxyl groups excluding tert-OH is 1. The maximum Gasteiger partial charge on any atom is 0.0594 e. The summed E-state index contributed by atoms with van der Waals surface area (Å²) in [6.45, 7) is 12.6. The molecule has 2 spiro atoms. The normalized spacial score (nSPS) is 58.6. The molecule has 3 heteroatoms. The van der Waals surface area contributed by atoms with Crippen LogP contribution < -0.4 is 10.6 Å². The molecular weight excluding hydrogens is 356 g/mol. The van der Waals surface area contributed by atoms with Crippen molar-refractivity contribution in [3.8, 4) is 0 Å². The van der Waals surface area contributed by atoms with E-state index in [9.17, 15) is 5.11 Å². The van der Waals surface area contributed by atoms with Crippen LogP contribution in [0.15, 0.2) is 0 Å². The van der Waals surface area contributed by atoms with Gasteiger partial charge in [0.2, 0.25) is 0 Å². The summed E-state index contributed by atoms with van der Waals surface area (Å²) in [6, 6.07) is 1.06. The van der Waals surface area contributed by atoms with Crippen molar-refractivity contribution in [2.75, 3.05) is 14.1 Å². The van der Waals surface area contributed by atoms with Crippen molar-refractivity contribution in [2.45, 2.75) is 104 Å². The van der Waals surface area contributed by atoms with Gasteiger partial charge in [-0.15, -0.1) is 0 Å². The fraction of sp³-hybridized carbons (Fsp3) is 1.00. The largest absolute Gasteiger partial charge is 0.393 e. The fourth-order valence-corrected chi connectivity index (χ4v) is 11.1. The fourth-order valence-electron chi connectivity index (χ4n) is 11.1. The standard InChI is InChI=1S/C26H46N2O/c1-16(27-6)21-17(29)14-24(5)19-9-8-18-22(2,3)20(28-7)10-11-25(18)15-26(19,25)13-12-23(21,24)4/h16-21,27-29H,8-15H2,1-7H3/t16-,17+,18-,19-,20-,21-,23+,24-,25+,26-/m0/s1. The van der Waals surface area contributed by atoms with E-state index in [1.165, 1.54) is 44.9 Å². The molecule has 0 amide bonds. The highest BCUT2D eigenvalue weighted by Crippen LogP contribution is 2.88. The molecule has 0 saturated heterocycles. The Hall–Kier alpha value is -0.120. The summed E-state index contributed by atoms with van der Waals surface area (Å²) in [6.07, 6.45) is 10.7. The van der Waals surface area contributed by atoms with Crippen molar-refractivity contribution < 1.29 is 5.11 Å². The number of fused-ring (bicyclic) bond motifs is 2. The molecular formula is C26H46N2O. The van der Waals surface area contributed by atoms with Crippen molar-refractivity contribution in [1.29, 1.82) is 0 Å². The predicted molar refractivity (Wildman–Crippen MR) is 120 cm³/mol. The Kier molecular flexibility index (Phi) is 4.31. The lowest BCUT2D eigenvalue weighted by Gasteiger charge is -2.63. The van der Waals surface area contributed by atoms with Gasteiger partial charge in [-0.2, -0.15) is 0 Å². The molecule has 0 unspecified atom stereocenters. The number of hydrogen-bond acceptors (Lipinski definition) is 3. The van der Waals surface area contributed by atoms with Crippen LogP contribution in [0.5, 0.6) is 0 Å². The zero-order valence-electron chi connectivity index (χ0n) is 20.1. The van der Waals surface area contributed by atoms with E-state index in [-0.39, 0.29) is 11.5 Å². The lowest BCUT2D eigenvalue weighted by molar-refractivity contribution is -0.144. The highest BCUT2D eigenvalue weighted by Gasteiger charge is 2.82. The smallest absolute Gasteiger partial charge is 0.0594 e. The quantitative estimate of drug-likeness (QED) is 0.647. The maximum atomic E-state index is 11.3. The molecule has 5 saturated carbocycles. The second-order valence-corrected chi connectivity index (χ2v) is 13.1. The first kappa shape index (κ1) is 20.8. The zero-order valence-corrected chi connectivity index (χ0v) is 20.1. The van der Waals surface area contributed by atoms with E-state index in [0.29, 0.717) is 39.7 Å². The zero-order chi connectivity index (χ0) is 21.0. The third-order valence-electron chi connectivity index (χ3n) is 12.5. The molecule has 0 aliphatic heterocycles. The summed E-state index contributed by atoms with van der Waals surface area (Å²) >= 11 is 0. The van der Waals surface area contributed by atoms with Crippen LogP contribution in [-0.4, -0.2) is 37.4 Å². The maximum absolute atomic E-state index is 11.3. The average molecular weight is 403 g/mol. The van der Waals surface area contributed by atoms with Crippen LogP contribution in [0.1, 0.15) is 86.0 Å². The van der Waals surface area contributed by atoms with E-state index in [4.69, 9.17) is 0 Å². The van der Waals surface area contributed by atoms with E-state index in [1.54, 1.807) is 0 Å². The average Bonchev–Trinajstić information content (AvgIpc) is 3.26. The van der Waals surface area contributed by atoms with Crippen molar-refractivity contribution in [3.63, 3.8) is 0 Å². The first-order valence-corrected chi connectivity index (χ1v) is 12.6. The van der Waals surface area contributed by atoms with Gasteiger partial charge in [-0.05, 0) is 111 Å². The first-order chi connectivity index (χ1) is 13.5. The number of nitrogens with one attached hydrogen (secondary N) is 2. The van der Waals surface area contributed by atoms with Gasteiger partial charge in [0.05, 0.1) is 6.10 Å². The van der Waals surface area contributed by atoms with Gasteiger partial charge >= 0.3 is 0 Å². The van der Waals surface area contributed by atoms with Gasteiger partial charge in [0.1, 0.15) is 0 Å². The van der Waals surface area contributed by atoms with Crippen LogP contribution in [0.4, 0.5) is 0 Å². The van der Waals surface area contributed by atoms with Gasteiger partial charge in [0, 0.05) is 18.0 Å². The molecule has 5 rings (SSSR count). The summed E-state index contributed by atoms with van der Waals surface area (Å²) in [5.41, 5.74) is 2.14. The van der Waals surface area contributed by atoms with Gasteiger partial charge in [-0.25, -0.2) is 0 Å². The molecule has 0 aromatic rings. The molecule has 0 heterocycles. The minimum atomic E-state index is -0.147. The van der Waals surface area contributed by atoms with Gasteiger partial charge in [-0.3, -0.25) is 0 Å². The van der Waals surface area contributed by atoms with Crippen molar-refractivity contribution in [1.82, 2.24) is 10.6 Å². The molecule has 3 N–H and O–H groups in total. The molecule has 0 radical (unpaired) electrons. The van der Waals surface area contributed by atoms with E-state index in [2.05, 4.69) is 59.3 Å². The molecule has 29 heavy (non-hydrogen) atoms. The van der Waals surface area contributed by atoms with Gasteiger partial charge in [0.15, 0.2) is 0 Å². The highest BCUT2D eigenvalue weighted by molar-refractivity contribution is 5.31. The third kappa shape index (κ3) is 2.16. The molecule has 3 nitrogen and oxygen atoms in total. The van der Waals surface area contributed by atoms with Crippen LogP contribution in [0.2, 0.25) is 0 Å². The van der Waals surface area contributed by atoms with Crippen LogP contribution in [0, 0.1) is 44.8 Å². The monoisotopic (exact) mass is 402 g/mol. The minimum Gasteiger partial charge on any atom is -0.393 e. The molecule has 5 fully saturated rings. The summed E-state index contributed by atoms with van der Waals surface area (Å²) in [5.74, 6) is 2.08. The molecule has 5 aliphatic rings. The Labute approximate surface area is 179 Å². The summed E-state index contributed by atoms with van der Waals surface area (Å²) in [4.78, 5) is 0. The first-order valence-electron chi connectivity index (χ1n) is 12.6. The van der Waals surface area contributed by atoms with Gasteiger partial charge in [0.25, 0.3) is 0 Å². The second kappa shape index (κ2) is 6.01. The lowest BCUT2D eigenvalue weighted by atomic mass is 9.42. The second-order valence-electron chi connectivity index (χ2n) is 13.1. The number of rotatable bonds is 3. The number of aliphatic hydroxyl groups is 1. The van der Waals surface area contributed by atoms with Crippen LogP contribution in [-0.2, 0) is 0 Å². The number of hydrogen-bond donors (Lipinski definition) is 3. The Balaban J connectivity index is 1.52. The summed E-state index contributed by atoms with van der Waals surface area (Å²) in [7, 11) is 4.25. The topological polar surface area (TPSA) is 44.3 Å². The molecule has 0 bridgehead atoms. The van der Waals surface area contributed by atoms with Crippen LogP contribution in [0.25, 0.3) is 0 Å². The molecule has 10 atom stereocenters. The summed E-state index contributed by atoms with van der Waals surface area (Å²) < 4.78 is 0. The Morgan fingerprint density at radius 2 is 1.52 bits per heavy atom.